The van der Waals surface area contributed by atoms with Gasteiger partial charge < -0.3 is 11.1 Å². The number of hydrogen-bond acceptors (Lipinski definition) is 5. The zero-order valence-electron chi connectivity index (χ0n) is 17.4. The van der Waals surface area contributed by atoms with Crippen molar-refractivity contribution in [1.82, 2.24) is 19.7 Å². The number of carbonyl (C=O) groups is 1. The summed E-state index contributed by atoms with van der Waals surface area (Å²) in [5.41, 5.74) is 6.13. The van der Waals surface area contributed by atoms with Crippen molar-refractivity contribution in [1.29, 1.82) is 0 Å². The van der Waals surface area contributed by atoms with Gasteiger partial charge in [-0.3, -0.25) is 4.79 Å². The lowest BCUT2D eigenvalue weighted by Gasteiger charge is -2.16. The van der Waals surface area contributed by atoms with Gasteiger partial charge in [-0.2, -0.15) is 19.7 Å². The van der Waals surface area contributed by atoms with Gasteiger partial charge in [-0.05, 0) is 44.2 Å². The molecule has 0 fully saturated rings. The number of anilines is 2. The maximum atomic E-state index is 14.3. The number of nitrogens with zero attached hydrogens (tertiary/aromatic N) is 4. The number of benzene rings is 2. The highest BCUT2D eigenvalue weighted by Gasteiger charge is 2.42. The van der Waals surface area contributed by atoms with Crippen LogP contribution in [0, 0.1) is 17.5 Å². The third-order valence-corrected chi connectivity index (χ3v) is 6.23. The van der Waals surface area contributed by atoms with Crippen molar-refractivity contribution in [2.45, 2.75) is 25.7 Å². The molecule has 3 heterocycles. The first-order valence-electron chi connectivity index (χ1n) is 9.87. The van der Waals surface area contributed by atoms with E-state index in [1.807, 2.05) is 0 Å². The van der Waals surface area contributed by atoms with E-state index >= 15 is 0 Å². The summed E-state index contributed by atoms with van der Waals surface area (Å²) in [5, 5.41) is 7.74. The molecule has 1 amide bonds. The van der Waals surface area contributed by atoms with Crippen molar-refractivity contribution in [3.8, 4) is 5.95 Å². The second kappa shape index (κ2) is 7.27. The van der Waals surface area contributed by atoms with Gasteiger partial charge in [0.25, 0.3) is 5.95 Å². The molecule has 168 valence electrons. The fourth-order valence-corrected chi connectivity index (χ4v) is 4.34. The summed E-state index contributed by atoms with van der Waals surface area (Å²) in [6.07, 6.45) is -0.306. The summed E-state index contributed by atoms with van der Waals surface area (Å²) in [4.78, 5) is 21.1. The third-order valence-electron chi connectivity index (χ3n) is 5.74. The molecule has 33 heavy (non-hydrogen) atoms. The van der Waals surface area contributed by atoms with E-state index in [2.05, 4.69) is 36.3 Å². The number of nitrogens with one attached hydrogen (secondary N) is 1. The van der Waals surface area contributed by atoms with Gasteiger partial charge in [0.15, 0.2) is 11.6 Å². The molecular weight excluding hydrogens is 501 g/mol. The largest absolute Gasteiger partial charge is 0.383 e. The first kappa shape index (κ1) is 21.4. The number of halogens is 4. The molecule has 4 aromatic rings. The Balaban J connectivity index is 1.70. The van der Waals surface area contributed by atoms with Crippen LogP contribution in [-0.2, 0) is 16.6 Å². The van der Waals surface area contributed by atoms with Gasteiger partial charge in [-0.25, -0.2) is 13.2 Å². The predicted molar refractivity (Wildman–Crippen MR) is 120 cm³/mol. The van der Waals surface area contributed by atoms with Crippen molar-refractivity contribution in [2.24, 2.45) is 0 Å². The Morgan fingerprint density at radius 2 is 1.85 bits per heavy atom. The lowest BCUT2D eigenvalue weighted by Crippen LogP contribution is -2.27. The van der Waals surface area contributed by atoms with Crippen LogP contribution in [0.2, 0.25) is 0 Å². The average Bonchev–Trinajstić information content (AvgIpc) is 3.22. The molecular formula is C22H16BrF3N6O. The molecule has 2 aromatic heterocycles. The van der Waals surface area contributed by atoms with Gasteiger partial charge in [0.1, 0.15) is 17.5 Å². The Bertz CT molecular complexity index is 1480. The number of carbonyl (C=O) groups excluding carboxylic acids is 1. The van der Waals surface area contributed by atoms with Crippen molar-refractivity contribution < 1.29 is 18.0 Å². The van der Waals surface area contributed by atoms with Crippen molar-refractivity contribution in [3.63, 3.8) is 0 Å². The molecule has 0 saturated heterocycles. The number of nitrogen functional groups attached to an aromatic ring is 1. The molecule has 3 N–H and O–H groups in total. The third kappa shape index (κ3) is 3.26. The molecule has 11 heteroatoms. The second-order valence-electron chi connectivity index (χ2n) is 8.23. The Hall–Kier alpha value is -3.47. The summed E-state index contributed by atoms with van der Waals surface area (Å²) in [5.74, 6) is -3.10. The molecule has 1 aliphatic rings. The van der Waals surface area contributed by atoms with Crippen LogP contribution in [0.1, 0.15) is 30.7 Å². The molecule has 0 bridgehead atoms. The van der Waals surface area contributed by atoms with E-state index in [-0.39, 0.29) is 35.6 Å². The molecule has 7 nitrogen and oxygen atoms in total. The minimum Gasteiger partial charge on any atom is -0.383 e. The van der Waals surface area contributed by atoms with Crippen molar-refractivity contribution >= 4 is 44.4 Å². The first-order valence-corrected chi connectivity index (χ1v) is 10.7. The Morgan fingerprint density at radius 1 is 1.12 bits per heavy atom. The topological polar surface area (TPSA) is 98.7 Å². The fraction of sp³-hybridized carbons (Fsp3) is 0.182. The fourth-order valence-electron chi connectivity index (χ4n) is 3.98. The number of amides is 1. The van der Waals surface area contributed by atoms with Gasteiger partial charge in [-0.15, -0.1) is 0 Å². The number of hydrogen-bond donors (Lipinski definition) is 2. The van der Waals surface area contributed by atoms with E-state index in [4.69, 9.17) is 5.73 Å². The van der Waals surface area contributed by atoms with Gasteiger partial charge >= 0.3 is 0 Å². The molecule has 2 aromatic carbocycles. The number of aromatic nitrogens is 4. The second-order valence-corrected chi connectivity index (χ2v) is 9.15. The number of nitrogens with two attached hydrogens (primary N) is 1. The number of fused-ring (bicyclic) bond motifs is 2. The molecule has 0 saturated carbocycles. The van der Waals surface area contributed by atoms with Crippen LogP contribution in [0.3, 0.4) is 0 Å². The standard InChI is InChI=1S/C22H16BrF3N6O/c1-22(2)16-18(27)28-21(30-19(16)29-20(22)33)32-15-6-3-9(23)7-11(15)14(31-32)8-10-12(24)4-5-13(25)17(10)26/h3-7H,8H2,1-2H3,(H3,27,28,29,30,33). The molecule has 0 spiro atoms. The summed E-state index contributed by atoms with van der Waals surface area (Å²) in [6.45, 7) is 3.43. The summed E-state index contributed by atoms with van der Waals surface area (Å²) < 4.78 is 44.5. The van der Waals surface area contributed by atoms with Crippen LogP contribution in [0.15, 0.2) is 34.8 Å². The normalized spacial score (nSPS) is 14.5. The molecule has 0 unspecified atom stereocenters. The maximum Gasteiger partial charge on any atom is 0.255 e. The molecule has 0 aliphatic carbocycles. The molecule has 1 aliphatic heterocycles. The van der Waals surface area contributed by atoms with E-state index < -0.39 is 28.4 Å². The minimum absolute atomic E-state index is 0.0722. The summed E-state index contributed by atoms with van der Waals surface area (Å²) >= 11 is 3.39. The van der Waals surface area contributed by atoms with Crippen LogP contribution in [0.4, 0.5) is 24.8 Å². The monoisotopic (exact) mass is 516 g/mol. The van der Waals surface area contributed by atoms with E-state index in [0.717, 1.165) is 12.1 Å². The minimum atomic E-state index is -1.27. The predicted octanol–water partition coefficient (Wildman–Crippen LogP) is 4.40. The van der Waals surface area contributed by atoms with E-state index in [1.54, 1.807) is 32.0 Å². The molecule has 0 radical (unpaired) electrons. The highest BCUT2D eigenvalue weighted by Crippen LogP contribution is 2.39. The molecule has 0 atom stereocenters. The zero-order valence-corrected chi connectivity index (χ0v) is 19.0. The lowest BCUT2D eigenvalue weighted by molar-refractivity contribution is -0.119. The Labute approximate surface area is 194 Å². The quantitative estimate of drug-likeness (QED) is 0.393. The highest BCUT2D eigenvalue weighted by molar-refractivity contribution is 9.10. The Kier molecular flexibility index (Phi) is 4.71. The van der Waals surface area contributed by atoms with Crippen LogP contribution in [-0.4, -0.2) is 25.7 Å². The van der Waals surface area contributed by atoms with Crippen LogP contribution >= 0.6 is 15.9 Å². The number of rotatable bonds is 3. The van der Waals surface area contributed by atoms with E-state index in [1.165, 1.54) is 4.68 Å². The maximum absolute atomic E-state index is 14.3. The molecule has 5 rings (SSSR count). The van der Waals surface area contributed by atoms with Gasteiger partial charge in [0, 0.05) is 21.8 Å². The van der Waals surface area contributed by atoms with Gasteiger partial charge in [0.05, 0.1) is 22.2 Å². The zero-order chi connectivity index (χ0) is 23.7. The summed E-state index contributed by atoms with van der Waals surface area (Å²) in [6, 6.07) is 6.82. The first-order chi connectivity index (χ1) is 15.6. The van der Waals surface area contributed by atoms with Crippen LogP contribution in [0.25, 0.3) is 16.9 Å². The lowest BCUT2D eigenvalue weighted by atomic mass is 9.87. The van der Waals surface area contributed by atoms with Crippen LogP contribution in [0.5, 0.6) is 0 Å². The Morgan fingerprint density at radius 3 is 2.61 bits per heavy atom. The summed E-state index contributed by atoms with van der Waals surface area (Å²) in [7, 11) is 0. The van der Waals surface area contributed by atoms with Gasteiger partial charge in [0.2, 0.25) is 5.91 Å². The van der Waals surface area contributed by atoms with Crippen LogP contribution < -0.4 is 11.1 Å². The van der Waals surface area contributed by atoms with E-state index in [9.17, 15) is 18.0 Å². The average molecular weight is 517 g/mol. The van der Waals surface area contributed by atoms with Crippen molar-refractivity contribution in [2.75, 3.05) is 11.1 Å². The van der Waals surface area contributed by atoms with E-state index in [0.29, 0.717) is 20.9 Å². The van der Waals surface area contributed by atoms with Gasteiger partial charge in [-0.1, -0.05) is 15.9 Å². The SMILES string of the molecule is CC1(C)C(=O)Nc2nc(-n3nc(Cc4c(F)ccc(F)c4F)c4cc(Br)ccc43)nc(N)c21. The highest BCUT2D eigenvalue weighted by atomic mass is 79.9. The smallest absolute Gasteiger partial charge is 0.255 e. The van der Waals surface area contributed by atoms with Crippen molar-refractivity contribution in [3.05, 3.63) is 69.1 Å².